The number of aromatic nitrogens is 1. The van der Waals surface area contributed by atoms with Crippen LogP contribution in [0.4, 0.5) is 5.82 Å². The maximum atomic E-state index is 11.4. The lowest BCUT2D eigenvalue weighted by molar-refractivity contribution is -0.115. The molecule has 1 amide bonds. The molecule has 1 N–H and O–H groups in total. The summed E-state index contributed by atoms with van der Waals surface area (Å²) >= 11 is 3.21. The maximum Gasteiger partial charge on any atom is 0.239 e. The Kier molecular flexibility index (Phi) is 3.94. The van der Waals surface area contributed by atoms with Gasteiger partial charge in [-0.1, -0.05) is 28.1 Å². The van der Waals surface area contributed by atoms with Crippen LogP contribution in [0.2, 0.25) is 0 Å². The van der Waals surface area contributed by atoms with E-state index in [9.17, 15) is 4.79 Å². The Hall–Kier alpha value is -1.16. The minimum Gasteiger partial charge on any atom is -0.310 e. The highest BCUT2D eigenvalue weighted by Crippen LogP contribution is 2.30. The van der Waals surface area contributed by atoms with Crippen LogP contribution < -0.4 is 5.32 Å². The number of pyridine rings is 1. The second-order valence-corrected chi connectivity index (χ2v) is 5.65. The second-order valence-electron chi connectivity index (χ2n) is 4.28. The summed E-state index contributed by atoms with van der Waals surface area (Å²) in [5, 5.41) is 2.72. The predicted molar refractivity (Wildman–Crippen MR) is 73.0 cm³/mol. The van der Waals surface area contributed by atoms with Gasteiger partial charge in [0.05, 0.1) is 4.83 Å². The number of hydrogen-bond acceptors (Lipinski definition) is 2. The molecule has 0 spiro atoms. The molecule has 0 aliphatic heterocycles. The third-order valence-electron chi connectivity index (χ3n) is 2.58. The molecule has 1 heterocycles. The van der Waals surface area contributed by atoms with Gasteiger partial charge in [0, 0.05) is 6.20 Å². The normalized spacial score (nSPS) is 17.1. The molecular weight excluding hydrogens is 280 g/mol. The minimum atomic E-state index is -0.210. The van der Waals surface area contributed by atoms with Crippen molar-refractivity contribution in [2.75, 3.05) is 5.32 Å². The van der Waals surface area contributed by atoms with Gasteiger partial charge in [-0.3, -0.25) is 4.79 Å². The summed E-state index contributed by atoms with van der Waals surface area (Å²) in [6, 6.07) is 3.78. The fourth-order valence-electron chi connectivity index (χ4n) is 1.34. The number of hydrogen-bond donors (Lipinski definition) is 1. The highest BCUT2D eigenvalue weighted by atomic mass is 79.9. The van der Waals surface area contributed by atoms with Crippen LogP contribution in [-0.4, -0.2) is 15.7 Å². The first-order valence-corrected chi connectivity index (χ1v) is 6.66. The van der Waals surface area contributed by atoms with Crippen LogP contribution in [0, 0.1) is 5.92 Å². The second kappa shape index (κ2) is 5.45. The Labute approximate surface area is 109 Å². The van der Waals surface area contributed by atoms with E-state index in [0.717, 1.165) is 11.5 Å². The number of nitrogens with one attached hydrogen (secondary N) is 1. The van der Waals surface area contributed by atoms with Crippen molar-refractivity contribution < 1.29 is 4.79 Å². The van der Waals surface area contributed by atoms with Crippen molar-refractivity contribution in [2.24, 2.45) is 5.92 Å². The highest BCUT2D eigenvalue weighted by Gasteiger charge is 2.16. The number of carbonyl (C=O) groups is 1. The van der Waals surface area contributed by atoms with Gasteiger partial charge >= 0.3 is 0 Å². The summed E-state index contributed by atoms with van der Waals surface area (Å²) in [6.45, 7) is 1.78. The van der Waals surface area contributed by atoms with Crippen LogP contribution in [0.15, 0.2) is 24.4 Å². The van der Waals surface area contributed by atoms with Crippen molar-refractivity contribution in [1.29, 1.82) is 0 Å². The molecule has 4 heteroatoms. The van der Waals surface area contributed by atoms with Crippen molar-refractivity contribution in [1.82, 2.24) is 4.98 Å². The third kappa shape index (κ3) is 3.97. The van der Waals surface area contributed by atoms with Crippen molar-refractivity contribution >= 4 is 33.7 Å². The van der Waals surface area contributed by atoms with E-state index in [1.807, 2.05) is 12.1 Å². The molecule has 1 aromatic heterocycles. The van der Waals surface area contributed by atoms with Gasteiger partial charge in [-0.15, -0.1) is 0 Å². The van der Waals surface area contributed by atoms with Crippen molar-refractivity contribution in [3.8, 4) is 0 Å². The molecule has 17 heavy (non-hydrogen) atoms. The van der Waals surface area contributed by atoms with Crippen LogP contribution >= 0.6 is 15.9 Å². The standard InChI is InChI=1S/C13H15BrN2O/c1-9(14)13(17)16-12-7-6-11(8-15-12)5-4-10-2-3-10/h4-10H,2-3H2,1H3,(H,15,16,17). The Morgan fingerprint density at radius 3 is 2.88 bits per heavy atom. The first-order valence-electron chi connectivity index (χ1n) is 5.74. The lowest BCUT2D eigenvalue weighted by Crippen LogP contribution is -2.20. The highest BCUT2D eigenvalue weighted by molar-refractivity contribution is 9.10. The van der Waals surface area contributed by atoms with E-state index in [1.54, 1.807) is 13.1 Å². The Morgan fingerprint density at radius 1 is 1.59 bits per heavy atom. The zero-order chi connectivity index (χ0) is 12.3. The molecule has 2 rings (SSSR count). The number of nitrogens with zero attached hydrogens (tertiary/aromatic N) is 1. The molecule has 90 valence electrons. The molecule has 1 saturated carbocycles. The van der Waals surface area contributed by atoms with Gasteiger partial charge in [-0.2, -0.15) is 0 Å². The molecule has 1 aromatic rings. The average molecular weight is 295 g/mol. The number of rotatable bonds is 4. The number of carbonyl (C=O) groups excluding carboxylic acids is 1. The van der Waals surface area contributed by atoms with E-state index in [2.05, 4.69) is 38.4 Å². The van der Waals surface area contributed by atoms with E-state index in [1.165, 1.54) is 12.8 Å². The molecule has 0 saturated heterocycles. The number of halogens is 1. The van der Waals surface area contributed by atoms with Crippen LogP contribution in [0.25, 0.3) is 6.08 Å². The molecular formula is C13H15BrN2O. The van der Waals surface area contributed by atoms with Crippen LogP contribution in [0.5, 0.6) is 0 Å². The SMILES string of the molecule is CC(Br)C(=O)Nc1ccc(C=CC2CC2)cn1. The van der Waals surface area contributed by atoms with Gasteiger partial charge < -0.3 is 5.32 Å². The summed E-state index contributed by atoms with van der Waals surface area (Å²) in [5.41, 5.74) is 1.07. The Bertz CT molecular complexity index is 422. The van der Waals surface area contributed by atoms with Gasteiger partial charge in [-0.05, 0) is 43.4 Å². The van der Waals surface area contributed by atoms with Gasteiger partial charge in [0.15, 0.2) is 0 Å². The Morgan fingerprint density at radius 2 is 2.35 bits per heavy atom. The molecule has 0 aromatic carbocycles. The van der Waals surface area contributed by atoms with Gasteiger partial charge in [-0.25, -0.2) is 4.98 Å². The molecule has 3 nitrogen and oxygen atoms in total. The smallest absolute Gasteiger partial charge is 0.239 e. The molecule has 0 bridgehead atoms. The van der Waals surface area contributed by atoms with E-state index in [0.29, 0.717) is 5.82 Å². The largest absolute Gasteiger partial charge is 0.310 e. The van der Waals surface area contributed by atoms with Crippen LogP contribution in [0.3, 0.4) is 0 Å². The molecule has 0 radical (unpaired) electrons. The Balaban J connectivity index is 1.94. The topological polar surface area (TPSA) is 42.0 Å². The van der Waals surface area contributed by atoms with Gasteiger partial charge in [0.2, 0.25) is 5.91 Å². The van der Waals surface area contributed by atoms with Crippen molar-refractivity contribution in [3.63, 3.8) is 0 Å². The number of anilines is 1. The van der Waals surface area contributed by atoms with Crippen molar-refractivity contribution in [2.45, 2.75) is 24.6 Å². The van der Waals surface area contributed by atoms with Gasteiger partial charge in [0.25, 0.3) is 0 Å². The molecule has 1 fully saturated rings. The molecule has 1 atom stereocenters. The number of allylic oxidation sites excluding steroid dienone is 1. The molecule has 1 unspecified atom stereocenters. The van der Waals surface area contributed by atoms with E-state index in [4.69, 9.17) is 0 Å². The number of amides is 1. The zero-order valence-corrected chi connectivity index (χ0v) is 11.3. The lowest BCUT2D eigenvalue weighted by atomic mass is 10.2. The first-order chi connectivity index (χ1) is 8.15. The fourth-order valence-corrected chi connectivity index (χ4v) is 1.45. The summed E-state index contributed by atoms with van der Waals surface area (Å²) in [5.74, 6) is 1.27. The molecule has 1 aliphatic rings. The van der Waals surface area contributed by atoms with Gasteiger partial charge in [0.1, 0.15) is 5.82 Å². The minimum absolute atomic E-state index is 0.0845. The summed E-state index contributed by atoms with van der Waals surface area (Å²) in [6.07, 6.45) is 8.69. The summed E-state index contributed by atoms with van der Waals surface area (Å²) in [7, 11) is 0. The fraction of sp³-hybridized carbons (Fsp3) is 0.385. The van der Waals surface area contributed by atoms with Crippen LogP contribution in [0.1, 0.15) is 25.3 Å². The summed E-state index contributed by atoms with van der Waals surface area (Å²) in [4.78, 5) is 15.4. The third-order valence-corrected chi connectivity index (χ3v) is 3.00. The van der Waals surface area contributed by atoms with Crippen molar-refractivity contribution in [3.05, 3.63) is 30.0 Å². The van der Waals surface area contributed by atoms with Crippen LogP contribution in [-0.2, 0) is 4.79 Å². The number of alkyl halides is 1. The average Bonchev–Trinajstić information content (AvgIpc) is 3.12. The quantitative estimate of drug-likeness (QED) is 0.867. The van der Waals surface area contributed by atoms with E-state index in [-0.39, 0.29) is 10.7 Å². The predicted octanol–water partition coefficient (Wildman–Crippen LogP) is 3.23. The molecule has 1 aliphatic carbocycles. The zero-order valence-electron chi connectivity index (χ0n) is 9.69. The van der Waals surface area contributed by atoms with E-state index >= 15 is 0 Å². The monoisotopic (exact) mass is 294 g/mol. The first kappa shape index (κ1) is 12.3. The summed E-state index contributed by atoms with van der Waals surface area (Å²) < 4.78 is 0. The van der Waals surface area contributed by atoms with E-state index < -0.39 is 0 Å². The maximum absolute atomic E-state index is 11.4. The lowest BCUT2D eigenvalue weighted by Gasteiger charge is -2.05.